The van der Waals surface area contributed by atoms with Crippen LogP contribution in [-0.4, -0.2) is 27.0 Å². The second kappa shape index (κ2) is 6.00. The molecule has 0 aliphatic rings. The highest BCUT2D eigenvalue weighted by Gasteiger charge is 2.40. The molecule has 0 aromatic rings. The summed E-state index contributed by atoms with van der Waals surface area (Å²) < 4.78 is 11.2. The van der Waals surface area contributed by atoms with Crippen LogP contribution in [0.2, 0.25) is 18.1 Å². The summed E-state index contributed by atoms with van der Waals surface area (Å²) in [6.07, 6.45) is -0.0880. The van der Waals surface area contributed by atoms with E-state index >= 15 is 0 Å². The van der Waals surface area contributed by atoms with E-state index in [1.165, 1.54) is 0 Å². The van der Waals surface area contributed by atoms with Gasteiger partial charge >= 0.3 is 5.97 Å². The molecular weight excluding hydrogens is 232 g/mol. The minimum Gasteiger partial charge on any atom is -0.466 e. The Morgan fingerprint density at radius 3 is 2.06 bits per heavy atom. The van der Waals surface area contributed by atoms with E-state index in [1.807, 2.05) is 20.8 Å². The normalized spacial score (nSPS) is 16.5. The van der Waals surface area contributed by atoms with Crippen molar-refractivity contribution in [3.63, 3.8) is 0 Å². The Hall–Kier alpha value is -0.353. The number of hydrogen-bond acceptors (Lipinski definition) is 3. The molecule has 0 fully saturated rings. The Kier molecular flexibility index (Phi) is 5.88. The van der Waals surface area contributed by atoms with Crippen molar-refractivity contribution in [2.24, 2.45) is 5.92 Å². The van der Waals surface area contributed by atoms with Gasteiger partial charge in [0.15, 0.2) is 8.32 Å². The third-order valence-electron chi connectivity index (χ3n) is 3.65. The van der Waals surface area contributed by atoms with Gasteiger partial charge < -0.3 is 9.16 Å². The second-order valence-corrected chi connectivity index (χ2v) is 10.9. The quantitative estimate of drug-likeness (QED) is 0.560. The van der Waals surface area contributed by atoms with E-state index in [9.17, 15) is 4.79 Å². The summed E-state index contributed by atoms with van der Waals surface area (Å²) in [6.45, 7) is 17.1. The van der Waals surface area contributed by atoms with Crippen LogP contribution in [0.3, 0.4) is 0 Å². The first-order chi connectivity index (χ1) is 7.53. The van der Waals surface area contributed by atoms with Crippen molar-refractivity contribution in [1.82, 2.24) is 0 Å². The van der Waals surface area contributed by atoms with E-state index in [0.29, 0.717) is 6.61 Å². The number of ether oxygens (including phenoxy) is 1. The van der Waals surface area contributed by atoms with E-state index in [0.717, 1.165) is 0 Å². The molecule has 3 nitrogen and oxygen atoms in total. The molecule has 0 radical (unpaired) electrons. The first-order valence-electron chi connectivity index (χ1n) is 6.37. The Morgan fingerprint density at radius 2 is 1.71 bits per heavy atom. The predicted octanol–water partition coefficient (Wildman–Crippen LogP) is 3.60. The molecule has 2 atom stereocenters. The third-order valence-corrected chi connectivity index (χ3v) is 8.22. The Balaban J connectivity index is 4.54. The molecule has 0 saturated carbocycles. The van der Waals surface area contributed by atoms with E-state index < -0.39 is 8.32 Å². The molecule has 0 spiro atoms. The van der Waals surface area contributed by atoms with Gasteiger partial charge in [0.1, 0.15) is 0 Å². The average molecular weight is 260 g/mol. The molecule has 4 heteroatoms. The molecule has 0 rings (SSSR count). The molecule has 2 unspecified atom stereocenters. The van der Waals surface area contributed by atoms with Crippen molar-refractivity contribution >= 4 is 14.3 Å². The van der Waals surface area contributed by atoms with Crippen molar-refractivity contribution in [2.45, 2.75) is 65.8 Å². The molecular formula is C13H28O3Si. The van der Waals surface area contributed by atoms with E-state index in [4.69, 9.17) is 9.16 Å². The minimum atomic E-state index is -1.81. The zero-order valence-electron chi connectivity index (χ0n) is 12.6. The van der Waals surface area contributed by atoms with Crippen LogP contribution >= 0.6 is 0 Å². The van der Waals surface area contributed by atoms with Crippen LogP contribution in [0.5, 0.6) is 0 Å². The van der Waals surface area contributed by atoms with Gasteiger partial charge in [0.05, 0.1) is 18.6 Å². The third kappa shape index (κ3) is 4.80. The van der Waals surface area contributed by atoms with Gasteiger partial charge in [-0.3, -0.25) is 4.79 Å². The highest BCUT2D eigenvalue weighted by molar-refractivity contribution is 6.74. The van der Waals surface area contributed by atoms with Crippen molar-refractivity contribution < 1.29 is 14.0 Å². The zero-order chi connectivity index (χ0) is 13.9. The molecule has 17 heavy (non-hydrogen) atoms. The lowest BCUT2D eigenvalue weighted by Crippen LogP contribution is -2.45. The lowest BCUT2D eigenvalue weighted by Gasteiger charge is -2.39. The highest BCUT2D eigenvalue weighted by atomic mass is 28.4. The summed E-state index contributed by atoms with van der Waals surface area (Å²) in [5.41, 5.74) is 0. The molecule has 0 N–H and O–H groups in total. The average Bonchev–Trinajstić information content (AvgIpc) is 2.14. The first kappa shape index (κ1) is 16.6. The Labute approximate surface area is 107 Å². The summed E-state index contributed by atoms with van der Waals surface area (Å²) in [5.74, 6) is -0.372. The summed E-state index contributed by atoms with van der Waals surface area (Å²) in [6, 6.07) is 0. The number of esters is 1. The maximum absolute atomic E-state index is 11.6. The lowest BCUT2D eigenvalue weighted by molar-refractivity contribution is -0.150. The van der Waals surface area contributed by atoms with Gasteiger partial charge in [0.25, 0.3) is 0 Å². The summed E-state index contributed by atoms with van der Waals surface area (Å²) in [5, 5.41) is 0.162. The fourth-order valence-electron chi connectivity index (χ4n) is 1.21. The summed E-state index contributed by atoms with van der Waals surface area (Å²) in [4.78, 5) is 11.6. The van der Waals surface area contributed by atoms with Gasteiger partial charge in [0, 0.05) is 0 Å². The molecule has 102 valence electrons. The van der Waals surface area contributed by atoms with Crippen molar-refractivity contribution in [2.75, 3.05) is 6.61 Å². The number of carbonyl (C=O) groups is 1. The lowest BCUT2D eigenvalue weighted by atomic mass is 10.1. The van der Waals surface area contributed by atoms with E-state index in [2.05, 4.69) is 33.9 Å². The van der Waals surface area contributed by atoms with Crippen LogP contribution in [0, 0.1) is 5.92 Å². The van der Waals surface area contributed by atoms with Gasteiger partial charge in [0.2, 0.25) is 0 Å². The van der Waals surface area contributed by atoms with Gasteiger partial charge in [-0.25, -0.2) is 0 Å². The number of rotatable bonds is 5. The molecule has 0 aromatic carbocycles. The van der Waals surface area contributed by atoms with Gasteiger partial charge in [-0.1, -0.05) is 20.8 Å². The molecule has 0 aliphatic heterocycles. The largest absolute Gasteiger partial charge is 0.466 e. The molecule has 0 aliphatic carbocycles. The van der Waals surface area contributed by atoms with Crippen LogP contribution < -0.4 is 0 Å². The molecule has 0 amide bonds. The maximum atomic E-state index is 11.6. The Morgan fingerprint density at radius 1 is 1.24 bits per heavy atom. The topological polar surface area (TPSA) is 35.5 Å². The van der Waals surface area contributed by atoms with Gasteiger partial charge in [-0.15, -0.1) is 0 Å². The Bertz CT molecular complexity index is 256. The van der Waals surface area contributed by atoms with Crippen molar-refractivity contribution in [1.29, 1.82) is 0 Å². The SMILES string of the molecule is CCOC(=O)C(C)C(C)O[Si](C)(C)C(C)(C)C. The van der Waals surface area contributed by atoms with E-state index in [-0.39, 0.29) is 23.0 Å². The first-order valence-corrected chi connectivity index (χ1v) is 9.28. The van der Waals surface area contributed by atoms with Crippen molar-refractivity contribution in [3.05, 3.63) is 0 Å². The maximum Gasteiger partial charge on any atom is 0.311 e. The summed E-state index contributed by atoms with van der Waals surface area (Å²) >= 11 is 0. The smallest absolute Gasteiger partial charge is 0.311 e. The van der Waals surface area contributed by atoms with Gasteiger partial charge in [-0.05, 0) is 38.9 Å². The summed E-state index contributed by atoms with van der Waals surface area (Å²) in [7, 11) is -1.81. The molecule has 0 bridgehead atoms. The predicted molar refractivity (Wildman–Crippen MR) is 73.5 cm³/mol. The minimum absolute atomic E-state index is 0.0880. The highest BCUT2D eigenvalue weighted by Crippen LogP contribution is 2.38. The van der Waals surface area contributed by atoms with Crippen LogP contribution in [0.4, 0.5) is 0 Å². The van der Waals surface area contributed by atoms with E-state index in [1.54, 1.807) is 0 Å². The monoisotopic (exact) mass is 260 g/mol. The fourth-order valence-corrected chi connectivity index (χ4v) is 2.70. The molecule has 0 saturated heterocycles. The number of hydrogen-bond donors (Lipinski definition) is 0. The van der Waals surface area contributed by atoms with Crippen LogP contribution in [0.1, 0.15) is 41.5 Å². The van der Waals surface area contributed by atoms with Crippen molar-refractivity contribution in [3.8, 4) is 0 Å². The van der Waals surface area contributed by atoms with Crippen LogP contribution in [-0.2, 0) is 14.0 Å². The fraction of sp³-hybridized carbons (Fsp3) is 0.923. The van der Waals surface area contributed by atoms with Gasteiger partial charge in [-0.2, -0.15) is 0 Å². The molecule has 0 heterocycles. The zero-order valence-corrected chi connectivity index (χ0v) is 13.6. The van der Waals surface area contributed by atoms with Crippen LogP contribution in [0.25, 0.3) is 0 Å². The molecule has 0 aromatic heterocycles. The number of carbonyl (C=O) groups excluding carboxylic acids is 1. The van der Waals surface area contributed by atoms with Crippen LogP contribution in [0.15, 0.2) is 0 Å². The second-order valence-electron chi connectivity index (χ2n) is 6.12. The standard InChI is InChI=1S/C13H28O3Si/c1-9-15-12(14)10(2)11(3)16-17(7,8)13(4,5)6/h10-11H,9H2,1-8H3.